The van der Waals surface area contributed by atoms with E-state index in [9.17, 15) is 18.0 Å². The van der Waals surface area contributed by atoms with Gasteiger partial charge in [0.25, 0.3) is 5.91 Å². The molecular weight excluding hydrogens is 601 g/mol. The van der Waals surface area contributed by atoms with E-state index in [-0.39, 0.29) is 30.9 Å². The highest BCUT2D eigenvalue weighted by atomic mass is 79.9. The molecule has 218 valence electrons. The first-order chi connectivity index (χ1) is 19.7. The molecule has 10 heteroatoms. The summed E-state index contributed by atoms with van der Waals surface area (Å²) in [6.07, 6.45) is -0.606. The maximum atomic E-state index is 13.4. The lowest BCUT2D eigenvalue weighted by atomic mass is 9.60. The van der Waals surface area contributed by atoms with E-state index in [0.717, 1.165) is 43.4 Å². The Morgan fingerprint density at radius 1 is 1.02 bits per heavy atom. The third-order valence-corrected chi connectivity index (χ3v) is 8.39. The summed E-state index contributed by atoms with van der Waals surface area (Å²) < 4.78 is 56.7. The van der Waals surface area contributed by atoms with Gasteiger partial charge >= 0.3 is 6.18 Å². The van der Waals surface area contributed by atoms with E-state index in [1.54, 1.807) is 12.1 Å². The Balaban J connectivity index is 1.13. The summed E-state index contributed by atoms with van der Waals surface area (Å²) >= 11 is 3.37. The number of methoxy groups -OCH3 is 1. The molecule has 2 fully saturated rings. The van der Waals surface area contributed by atoms with Crippen molar-refractivity contribution in [1.29, 1.82) is 0 Å². The number of carbonyl (C=O) groups is 1. The average Bonchev–Trinajstić information content (AvgIpc) is 2.95. The van der Waals surface area contributed by atoms with E-state index < -0.39 is 11.7 Å². The van der Waals surface area contributed by atoms with Gasteiger partial charge in [-0.05, 0) is 82.6 Å². The Kier molecular flexibility index (Phi) is 9.19. The Bertz CT molecular complexity index is 1350. The number of aromatic nitrogens is 1. The highest BCUT2D eigenvalue weighted by Crippen LogP contribution is 2.47. The predicted molar refractivity (Wildman–Crippen MR) is 151 cm³/mol. The lowest BCUT2D eigenvalue weighted by molar-refractivity contribution is -0.137. The Hall–Kier alpha value is -3.11. The van der Waals surface area contributed by atoms with E-state index >= 15 is 0 Å². The van der Waals surface area contributed by atoms with Crippen molar-refractivity contribution in [2.75, 3.05) is 13.7 Å². The number of pyridine rings is 1. The van der Waals surface area contributed by atoms with Gasteiger partial charge in [0.2, 0.25) is 0 Å². The normalized spacial score (nSPS) is 21.9. The minimum Gasteiger partial charge on any atom is -0.493 e. The van der Waals surface area contributed by atoms with Crippen LogP contribution < -0.4 is 14.8 Å². The average molecular weight is 634 g/mol. The maximum Gasteiger partial charge on any atom is 0.416 e. The van der Waals surface area contributed by atoms with Crippen molar-refractivity contribution < 1.29 is 32.2 Å². The molecule has 1 aromatic heterocycles. The summed E-state index contributed by atoms with van der Waals surface area (Å²) in [6.45, 7) is 0.942. The smallest absolute Gasteiger partial charge is 0.416 e. The molecule has 0 aliphatic heterocycles. The third kappa shape index (κ3) is 7.22. The molecule has 4 atom stereocenters. The minimum absolute atomic E-state index is 0.0493. The number of alkyl halides is 3. The van der Waals surface area contributed by atoms with Crippen LogP contribution in [0.15, 0.2) is 65.3 Å². The van der Waals surface area contributed by atoms with Gasteiger partial charge in [0.1, 0.15) is 11.2 Å². The van der Waals surface area contributed by atoms with Crippen LogP contribution in [-0.2, 0) is 24.1 Å². The molecule has 0 saturated heterocycles. The van der Waals surface area contributed by atoms with Gasteiger partial charge in [-0.1, -0.05) is 42.5 Å². The number of rotatable bonds is 10. The van der Waals surface area contributed by atoms with Crippen molar-refractivity contribution in [1.82, 2.24) is 10.3 Å². The van der Waals surface area contributed by atoms with E-state index in [1.165, 1.54) is 13.2 Å². The van der Waals surface area contributed by atoms with Gasteiger partial charge < -0.3 is 19.5 Å². The van der Waals surface area contributed by atoms with Crippen LogP contribution in [0.25, 0.3) is 0 Å². The zero-order valence-corrected chi connectivity index (χ0v) is 24.2. The fourth-order valence-electron chi connectivity index (χ4n) is 5.88. The van der Waals surface area contributed by atoms with Crippen LogP contribution >= 0.6 is 15.9 Å². The number of hydrogen-bond acceptors (Lipinski definition) is 5. The molecule has 1 amide bonds. The third-order valence-electron chi connectivity index (χ3n) is 7.99. The molecule has 0 radical (unpaired) electrons. The van der Waals surface area contributed by atoms with Gasteiger partial charge in [-0.2, -0.15) is 13.2 Å². The van der Waals surface area contributed by atoms with Crippen molar-refractivity contribution in [2.45, 2.75) is 51.1 Å². The molecular formula is C31H32BrF3N2O4. The van der Waals surface area contributed by atoms with Gasteiger partial charge in [-0.25, -0.2) is 4.98 Å². The van der Waals surface area contributed by atoms with Gasteiger partial charge in [-0.3, -0.25) is 4.79 Å². The van der Waals surface area contributed by atoms with Crippen molar-refractivity contribution in [3.05, 3.63) is 87.7 Å². The first-order valence-electron chi connectivity index (χ1n) is 13.7. The van der Waals surface area contributed by atoms with E-state index in [1.807, 2.05) is 30.3 Å². The SMILES string of the molecule is COc1cc(Br)nc(C(=O)NC2CC3C[C@H](COCc4cccc(C(F)(F)F)c4)CCC32)c1OCc1ccccc1. The summed E-state index contributed by atoms with van der Waals surface area (Å²) in [5, 5.41) is 3.16. The molecule has 0 spiro atoms. The summed E-state index contributed by atoms with van der Waals surface area (Å²) in [7, 11) is 1.52. The van der Waals surface area contributed by atoms with Crippen LogP contribution in [0.4, 0.5) is 13.2 Å². The van der Waals surface area contributed by atoms with E-state index in [4.69, 9.17) is 14.2 Å². The summed E-state index contributed by atoms with van der Waals surface area (Å²) in [5.41, 5.74) is 0.992. The van der Waals surface area contributed by atoms with Crippen LogP contribution in [0, 0.1) is 17.8 Å². The number of nitrogens with one attached hydrogen (secondary N) is 1. The molecule has 2 aliphatic carbocycles. The number of fused-ring (bicyclic) bond motifs is 1. The van der Waals surface area contributed by atoms with Crippen LogP contribution in [0.1, 0.15) is 52.9 Å². The van der Waals surface area contributed by atoms with E-state index in [0.29, 0.717) is 46.0 Å². The quantitative estimate of drug-likeness (QED) is 0.239. The van der Waals surface area contributed by atoms with Crippen LogP contribution in [0.2, 0.25) is 0 Å². The monoisotopic (exact) mass is 632 g/mol. The van der Waals surface area contributed by atoms with Crippen molar-refractivity contribution in [2.24, 2.45) is 17.8 Å². The first-order valence-corrected chi connectivity index (χ1v) is 14.5. The lowest BCUT2D eigenvalue weighted by Gasteiger charge is -2.50. The Labute approximate surface area is 245 Å². The Morgan fingerprint density at radius 3 is 2.54 bits per heavy atom. The largest absolute Gasteiger partial charge is 0.493 e. The van der Waals surface area contributed by atoms with Gasteiger partial charge in [-0.15, -0.1) is 0 Å². The molecule has 2 aromatic carbocycles. The Morgan fingerprint density at radius 2 is 1.80 bits per heavy atom. The second-order valence-electron chi connectivity index (χ2n) is 10.7. The van der Waals surface area contributed by atoms with Gasteiger partial charge in [0.15, 0.2) is 17.2 Å². The zero-order chi connectivity index (χ0) is 29.0. The molecule has 1 N–H and O–H groups in total. The number of nitrogens with zero attached hydrogens (tertiary/aromatic N) is 1. The lowest BCUT2D eigenvalue weighted by Crippen LogP contribution is -2.54. The van der Waals surface area contributed by atoms with E-state index in [2.05, 4.69) is 26.2 Å². The van der Waals surface area contributed by atoms with Crippen molar-refractivity contribution >= 4 is 21.8 Å². The molecule has 5 rings (SSSR count). The van der Waals surface area contributed by atoms with Gasteiger partial charge in [0.05, 0.1) is 19.3 Å². The maximum absolute atomic E-state index is 13.4. The van der Waals surface area contributed by atoms with Crippen LogP contribution in [0.5, 0.6) is 11.5 Å². The second kappa shape index (κ2) is 12.8. The molecule has 41 heavy (non-hydrogen) atoms. The van der Waals surface area contributed by atoms with Crippen LogP contribution in [0.3, 0.4) is 0 Å². The summed E-state index contributed by atoms with van der Waals surface area (Å²) in [6, 6.07) is 16.7. The number of hydrogen-bond donors (Lipinski definition) is 1. The summed E-state index contributed by atoms with van der Waals surface area (Å²) in [5.74, 6) is 1.63. The molecule has 2 saturated carbocycles. The fourth-order valence-corrected chi connectivity index (χ4v) is 6.27. The number of benzene rings is 2. The first kappa shape index (κ1) is 29.4. The fraction of sp³-hybridized carbons (Fsp3) is 0.419. The van der Waals surface area contributed by atoms with Crippen molar-refractivity contribution in [3.8, 4) is 11.5 Å². The number of ether oxygens (including phenoxy) is 3. The second-order valence-corrected chi connectivity index (χ2v) is 11.5. The molecule has 3 unspecified atom stereocenters. The number of carbonyl (C=O) groups excluding carboxylic acids is 1. The highest BCUT2D eigenvalue weighted by molar-refractivity contribution is 9.10. The number of halogens is 4. The molecule has 2 aliphatic rings. The molecule has 1 heterocycles. The predicted octanol–water partition coefficient (Wildman–Crippen LogP) is 7.20. The van der Waals surface area contributed by atoms with Crippen molar-refractivity contribution in [3.63, 3.8) is 0 Å². The molecule has 0 bridgehead atoms. The highest BCUT2D eigenvalue weighted by Gasteiger charge is 2.45. The minimum atomic E-state index is -4.36. The molecule has 6 nitrogen and oxygen atoms in total. The van der Waals surface area contributed by atoms with Crippen LogP contribution in [-0.4, -0.2) is 30.6 Å². The topological polar surface area (TPSA) is 69.7 Å². The summed E-state index contributed by atoms with van der Waals surface area (Å²) in [4.78, 5) is 17.8. The molecule has 3 aromatic rings. The van der Waals surface area contributed by atoms with Gasteiger partial charge in [0, 0.05) is 18.7 Å². The standard InChI is InChI=1S/C31H32BrF3N2O4/c1-39-26-15-27(32)37-28(29(26)41-18-19-6-3-2-4-7-19)30(38)36-25-14-22-12-21(10-11-24(22)25)17-40-16-20-8-5-9-23(13-20)31(33,34)35/h2-9,13,15,21-22,24-25H,10-12,14,16-18H2,1H3,(H,36,38)/t21-,22?,24?,25?/m1/s1. The number of amides is 1. The zero-order valence-electron chi connectivity index (χ0n) is 22.6.